The molecule has 0 spiro atoms. The molecule has 1 heterocycles. The van der Waals surface area contributed by atoms with Crippen LogP contribution < -0.4 is 5.32 Å². The van der Waals surface area contributed by atoms with Crippen molar-refractivity contribution in [3.05, 3.63) is 27.9 Å². The van der Waals surface area contributed by atoms with E-state index in [1.54, 1.807) is 0 Å². The predicted molar refractivity (Wildman–Crippen MR) is 78.7 cm³/mol. The number of carbonyl (C=O) groups is 1. The second-order valence-corrected chi connectivity index (χ2v) is 4.46. The minimum absolute atomic E-state index is 0.160. The molecule has 0 radical (unpaired) electrons. The molecule has 0 aliphatic carbocycles. The minimum Gasteiger partial charge on any atom is -0.478 e. The Hall–Kier alpha value is -2.22. The summed E-state index contributed by atoms with van der Waals surface area (Å²) < 4.78 is 0. The van der Waals surface area contributed by atoms with Crippen molar-refractivity contribution in [3.63, 3.8) is 0 Å². The maximum atomic E-state index is 11.1. The third-order valence-corrected chi connectivity index (χ3v) is 3.15. The van der Waals surface area contributed by atoms with Crippen LogP contribution in [0.25, 0.3) is 0 Å². The highest BCUT2D eigenvalue weighted by Crippen LogP contribution is 2.19. The number of carboxylic acid groups (broad SMARTS) is 1. The molecule has 8 heteroatoms. The molecule has 0 atom stereocenters. The van der Waals surface area contributed by atoms with Crippen molar-refractivity contribution in [2.24, 2.45) is 0 Å². The first kappa shape index (κ1) is 16.8. The Morgan fingerprint density at radius 2 is 2.14 bits per heavy atom. The SMILES string of the molecule is CCN(CC)CCCNc1ncc([N+](=O)[O-])cc1C(=O)O. The summed E-state index contributed by atoms with van der Waals surface area (Å²) in [5.41, 5.74) is -0.520. The van der Waals surface area contributed by atoms with Crippen molar-refractivity contribution in [3.8, 4) is 0 Å². The van der Waals surface area contributed by atoms with Gasteiger partial charge in [-0.15, -0.1) is 0 Å². The molecule has 0 aromatic carbocycles. The Morgan fingerprint density at radius 1 is 1.48 bits per heavy atom. The zero-order chi connectivity index (χ0) is 15.8. The first-order chi connectivity index (χ1) is 9.99. The van der Waals surface area contributed by atoms with Crippen LogP contribution in [0.2, 0.25) is 0 Å². The number of nitro groups is 1. The lowest BCUT2D eigenvalue weighted by Gasteiger charge is -2.18. The molecule has 1 aromatic rings. The van der Waals surface area contributed by atoms with E-state index in [2.05, 4.69) is 29.0 Å². The van der Waals surface area contributed by atoms with Crippen molar-refractivity contribution in [2.75, 3.05) is 31.5 Å². The normalized spacial score (nSPS) is 10.6. The van der Waals surface area contributed by atoms with Crippen LogP contribution in [-0.4, -0.2) is 52.1 Å². The summed E-state index contributed by atoms with van der Waals surface area (Å²) in [6, 6.07) is 1.02. The number of pyridine rings is 1. The lowest BCUT2D eigenvalue weighted by atomic mass is 10.2. The second kappa shape index (κ2) is 8.15. The van der Waals surface area contributed by atoms with E-state index in [1.807, 2.05) is 0 Å². The van der Waals surface area contributed by atoms with Crippen LogP contribution >= 0.6 is 0 Å². The molecule has 0 saturated carbocycles. The van der Waals surface area contributed by atoms with Crippen LogP contribution in [0.5, 0.6) is 0 Å². The fourth-order valence-electron chi connectivity index (χ4n) is 1.91. The van der Waals surface area contributed by atoms with Crippen molar-refractivity contribution < 1.29 is 14.8 Å². The Bertz CT molecular complexity index is 503. The number of hydrogen-bond acceptors (Lipinski definition) is 6. The number of rotatable bonds is 9. The summed E-state index contributed by atoms with van der Waals surface area (Å²) in [6.45, 7) is 7.55. The van der Waals surface area contributed by atoms with Crippen molar-refractivity contribution >= 4 is 17.5 Å². The Kier molecular flexibility index (Phi) is 6.54. The highest BCUT2D eigenvalue weighted by atomic mass is 16.6. The van der Waals surface area contributed by atoms with Crippen molar-refractivity contribution in [1.82, 2.24) is 9.88 Å². The molecule has 21 heavy (non-hydrogen) atoms. The number of nitrogens with zero attached hydrogens (tertiary/aromatic N) is 3. The molecule has 0 bridgehead atoms. The molecular formula is C13H20N4O4. The molecule has 0 amide bonds. The molecule has 0 fully saturated rings. The van der Waals surface area contributed by atoms with Gasteiger partial charge < -0.3 is 15.3 Å². The lowest BCUT2D eigenvalue weighted by Crippen LogP contribution is -2.25. The number of nitrogens with one attached hydrogen (secondary N) is 1. The fraction of sp³-hybridized carbons (Fsp3) is 0.538. The maximum Gasteiger partial charge on any atom is 0.339 e. The second-order valence-electron chi connectivity index (χ2n) is 4.46. The molecule has 1 aromatic heterocycles. The summed E-state index contributed by atoms with van der Waals surface area (Å²) in [4.78, 5) is 27.2. The number of hydrogen-bond donors (Lipinski definition) is 2. The highest BCUT2D eigenvalue weighted by Gasteiger charge is 2.17. The average Bonchev–Trinajstić information content (AvgIpc) is 2.47. The topological polar surface area (TPSA) is 109 Å². The van der Waals surface area contributed by atoms with E-state index in [1.165, 1.54) is 0 Å². The fourth-order valence-corrected chi connectivity index (χ4v) is 1.91. The van der Waals surface area contributed by atoms with Gasteiger partial charge in [-0.05, 0) is 26.1 Å². The molecule has 116 valence electrons. The molecule has 1 rings (SSSR count). The van der Waals surface area contributed by atoms with Crippen LogP contribution in [0.15, 0.2) is 12.3 Å². The third kappa shape index (κ3) is 4.99. The van der Waals surface area contributed by atoms with E-state index < -0.39 is 10.9 Å². The summed E-state index contributed by atoms with van der Waals surface area (Å²) in [7, 11) is 0. The maximum absolute atomic E-state index is 11.1. The summed E-state index contributed by atoms with van der Waals surface area (Å²) in [5, 5.41) is 22.6. The number of anilines is 1. The van der Waals surface area contributed by atoms with Gasteiger partial charge >= 0.3 is 5.97 Å². The van der Waals surface area contributed by atoms with E-state index in [0.29, 0.717) is 6.54 Å². The van der Waals surface area contributed by atoms with Gasteiger partial charge in [0.1, 0.15) is 17.6 Å². The molecule has 8 nitrogen and oxygen atoms in total. The zero-order valence-corrected chi connectivity index (χ0v) is 12.2. The first-order valence-corrected chi connectivity index (χ1v) is 6.83. The summed E-state index contributed by atoms with van der Waals surface area (Å²) >= 11 is 0. The first-order valence-electron chi connectivity index (χ1n) is 6.83. The van der Waals surface area contributed by atoms with E-state index in [9.17, 15) is 14.9 Å². The van der Waals surface area contributed by atoms with E-state index in [-0.39, 0.29) is 17.1 Å². The van der Waals surface area contributed by atoms with Gasteiger partial charge in [-0.2, -0.15) is 0 Å². The molecule has 0 saturated heterocycles. The van der Waals surface area contributed by atoms with Gasteiger partial charge in [-0.3, -0.25) is 10.1 Å². The minimum atomic E-state index is -1.24. The van der Waals surface area contributed by atoms with Crippen LogP contribution in [-0.2, 0) is 0 Å². The summed E-state index contributed by atoms with van der Waals surface area (Å²) in [5.74, 6) is -1.08. The van der Waals surface area contributed by atoms with Gasteiger partial charge in [0, 0.05) is 12.6 Å². The van der Waals surface area contributed by atoms with Crippen molar-refractivity contribution in [1.29, 1.82) is 0 Å². The Labute approximate surface area is 122 Å². The molecule has 2 N–H and O–H groups in total. The van der Waals surface area contributed by atoms with Gasteiger partial charge in [-0.1, -0.05) is 13.8 Å². The number of aromatic nitrogens is 1. The molecule has 0 aliphatic heterocycles. The third-order valence-electron chi connectivity index (χ3n) is 3.15. The predicted octanol–water partition coefficient (Wildman–Crippen LogP) is 1.83. The lowest BCUT2D eigenvalue weighted by molar-refractivity contribution is -0.385. The zero-order valence-electron chi connectivity index (χ0n) is 12.2. The molecule has 0 unspecified atom stereocenters. The standard InChI is InChI=1S/C13H20N4O4/c1-3-16(4-2)7-5-6-14-12-11(13(18)19)8-10(9-15-12)17(20)21/h8-9H,3-7H2,1-2H3,(H,14,15)(H,18,19). The van der Waals surface area contributed by atoms with Gasteiger partial charge in [-0.25, -0.2) is 9.78 Å². The van der Waals surface area contributed by atoms with Crippen LogP contribution in [0.3, 0.4) is 0 Å². The summed E-state index contributed by atoms with van der Waals surface area (Å²) in [6.07, 6.45) is 1.89. The van der Waals surface area contributed by atoms with Gasteiger partial charge in [0.25, 0.3) is 5.69 Å². The van der Waals surface area contributed by atoms with E-state index in [4.69, 9.17) is 5.11 Å². The highest BCUT2D eigenvalue weighted by molar-refractivity contribution is 5.93. The molecule has 0 aliphatic rings. The van der Waals surface area contributed by atoms with Crippen LogP contribution in [0.1, 0.15) is 30.6 Å². The number of carboxylic acids is 1. The van der Waals surface area contributed by atoms with Crippen molar-refractivity contribution in [2.45, 2.75) is 20.3 Å². The van der Waals surface area contributed by atoms with Crippen LogP contribution in [0, 0.1) is 10.1 Å². The molecular weight excluding hydrogens is 276 g/mol. The Balaban J connectivity index is 2.66. The quantitative estimate of drug-likeness (QED) is 0.406. The van der Waals surface area contributed by atoms with Gasteiger partial charge in [0.15, 0.2) is 0 Å². The van der Waals surface area contributed by atoms with Crippen LogP contribution in [0.4, 0.5) is 11.5 Å². The monoisotopic (exact) mass is 296 g/mol. The van der Waals surface area contributed by atoms with E-state index in [0.717, 1.165) is 38.3 Å². The largest absolute Gasteiger partial charge is 0.478 e. The van der Waals surface area contributed by atoms with E-state index >= 15 is 0 Å². The smallest absolute Gasteiger partial charge is 0.339 e. The Morgan fingerprint density at radius 3 is 2.67 bits per heavy atom. The van der Waals surface area contributed by atoms with Gasteiger partial charge in [0.05, 0.1) is 4.92 Å². The van der Waals surface area contributed by atoms with Gasteiger partial charge in [0.2, 0.25) is 0 Å². The number of aromatic carboxylic acids is 1. The average molecular weight is 296 g/mol.